The maximum atomic E-state index is 12.3. The van der Waals surface area contributed by atoms with E-state index in [1.807, 2.05) is 0 Å². The molecule has 0 amide bonds. The number of benzene rings is 2. The number of nitro groups is 1. The average molecular weight is 347 g/mol. The van der Waals surface area contributed by atoms with Gasteiger partial charge in [0.05, 0.1) is 14.7 Å². The second kappa shape index (κ2) is 5.88. The Morgan fingerprint density at radius 1 is 0.913 bits per heavy atom. The molecule has 2 aromatic carbocycles. The number of nitro benzene ring substituents is 1. The first-order valence-electron chi connectivity index (χ1n) is 5.95. The van der Waals surface area contributed by atoms with E-state index in [0.29, 0.717) is 0 Å². The van der Waals surface area contributed by atoms with Crippen molar-refractivity contribution in [3.63, 3.8) is 0 Å². The molecule has 0 aliphatic rings. The average Bonchev–Trinajstić information content (AvgIpc) is 2.46. The third-order valence-electron chi connectivity index (χ3n) is 2.73. The zero-order valence-electron chi connectivity index (χ0n) is 11.1. The Morgan fingerprint density at radius 2 is 1.35 bits per heavy atom. The van der Waals surface area contributed by atoms with Gasteiger partial charge >= 0.3 is 6.36 Å². The minimum Gasteiger partial charge on any atom is -0.406 e. The summed E-state index contributed by atoms with van der Waals surface area (Å²) in [5.74, 6) is -0.555. The molecule has 0 atom stereocenters. The predicted octanol–water partition coefficient (Wildman–Crippen LogP) is 3.33. The second-order valence-corrected chi connectivity index (χ2v) is 6.22. The van der Waals surface area contributed by atoms with Crippen LogP contribution in [0.15, 0.2) is 58.3 Å². The van der Waals surface area contributed by atoms with Crippen molar-refractivity contribution in [1.82, 2.24) is 0 Å². The molecule has 2 rings (SSSR count). The van der Waals surface area contributed by atoms with Crippen LogP contribution in [0.1, 0.15) is 0 Å². The number of rotatable bonds is 4. The molecule has 2 aromatic rings. The SMILES string of the molecule is O=[N+]([O-])c1ccc(S(=O)(=O)c2ccc(OC(F)(F)F)cc2)cc1. The van der Waals surface area contributed by atoms with E-state index in [1.54, 1.807) is 0 Å². The highest BCUT2D eigenvalue weighted by atomic mass is 32.2. The van der Waals surface area contributed by atoms with Crippen LogP contribution in [0.5, 0.6) is 5.75 Å². The molecule has 0 bridgehead atoms. The maximum Gasteiger partial charge on any atom is 0.573 e. The lowest BCUT2D eigenvalue weighted by Gasteiger charge is -2.09. The molecule has 0 aromatic heterocycles. The van der Waals surface area contributed by atoms with E-state index in [1.165, 1.54) is 0 Å². The van der Waals surface area contributed by atoms with Crippen molar-refractivity contribution >= 4 is 15.5 Å². The Labute approximate surface area is 128 Å². The number of non-ortho nitro benzene ring substituents is 1. The van der Waals surface area contributed by atoms with Gasteiger partial charge in [-0.15, -0.1) is 13.2 Å². The Kier molecular flexibility index (Phi) is 4.28. The normalized spacial score (nSPS) is 12.0. The van der Waals surface area contributed by atoms with Crippen LogP contribution in [-0.2, 0) is 9.84 Å². The molecule has 0 saturated carbocycles. The van der Waals surface area contributed by atoms with Crippen LogP contribution in [-0.4, -0.2) is 19.7 Å². The Bertz CT molecular complexity index is 814. The maximum absolute atomic E-state index is 12.3. The highest BCUT2D eigenvalue weighted by molar-refractivity contribution is 7.91. The molecule has 0 aliphatic heterocycles. The van der Waals surface area contributed by atoms with E-state index in [9.17, 15) is 31.7 Å². The quantitative estimate of drug-likeness (QED) is 0.625. The van der Waals surface area contributed by atoms with Gasteiger partial charge in [0.25, 0.3) is 5.69 Å². The minimum absolute atomic E-state index is 0.215. The van der Waals surface area contributed by atoms with E-state index >= 15 is 0 Å². The van der Waals surface area contributed by atoms with Crippen molar-refractivity contribution in [1.29, 1.82) is 0 Å². The summed E-state index contributed by atoms with van der Waals surface area (Å²) < 4.78 is 64.3. The molecular formula is C13H8F3NO5S. The van der Waals surface area contributed by atoms with Crippen LogP contribution in [0.25, 0.3) is 0 Å². The summed E-state index contributed by atoms with van der Waals surface area (Å²) in [6.45, 7) is 0. The van der Waals surface area contributed by atoms with Gasteiger partial charge in [-0.25, -0.2) is 8.42 Å². The van der Waals surface area contributed by atoms with Crippen LogP contribution in [0.2, 0.25) is 0 Å². The summed E-state index contributed by atoms with van der Waals surface area (Å²) in [6, 6.07) is 7.79. The summed E-state index contributed by atoms with van der Waals surface area (Å²) in [5.41, 5.74) is -0.280. The van der Waals surface area contributed by atoms with Gasteiger partial charge in [-0.1, -0.05) is 0 Å². The van der Waals surface area contributed by atoms with E-state index in [-0.39, 0.29) is 15.5 Å². The minimum atomic E-state index is -4.88. The zero-order chi connectivity index (χ0) is 17.3. The van der Waals surface area contributed by atoms with Crippen LogP contribution in [0.4, 0.5) is 18.9 Å². The molecule has 6 nitrogen and oxygen atoms in total. The Balaban J connectivity index is 2.30. The van der Waals surface area contributed by atoms with Gasteiger partial charge in [0.15, 0.2) is 0 Å². The van der Waals surface area contributed by atoms with Crippen molar-refractivity contribution in [2.45, 2.75) is 16.2 Å². The van der Waals surface area contributed by atoms with E-state index in [4.69, 9.17) is 0 Å². The number of sulfone groups is 1. The van der Waals surface area contributed by atoms with Gasteiger partial charge in [0.1, 0.15) is 5.75 Å². The van der Waals surface area contributed by atoms with Crippen LogP contribution >= 0.6 is 0 Å². The number of nitrogens with zero attached hydrogens (tertiary/aromatic N) is 1. The van der Waals surface area contributed by atoms with Gasteiger partial charge in [-0.3, -0.25) is 10.1 Å². The smallest absolute Gasteiger partial charge is 0.406 e. The fourth-order valence-corrected chi connectivity index (χ4v) is 2.96. The molecule has 23 heavy (non-hydrogen) atoms. The van der Waals surface area contributed by atoms with Crippen molar-refractivity contribution in [3.05, 3.63) is 58.6 Å². The molecule has 0 unspecified atom stereocenters. The number of hydrogen-bond donors (Lipinski definition) is 0. The van der Waals surface area contributed by atoms with Crippen LogP contribution in [0, 0.1) is 10.1 Å². The van der Waals surface area contributed by atoms with Crippen LogP contribution < -0.4 is 4.74 Å². The first-order valence-corrected chi connectivity index (χ1v) is 7.43. The van der Waals surface area contributed by atoms with E-state index in [0.717, 1.165) is 48.5 Å². The molecule has 0 spiro atoms. The molecule has 0 aliphatic carbocycles. The van der Waals surface area contributed by atoms with Crippen molar-refractivity contribution in [2.75, 3.05) is 0 Å². The van der Waals surface area contributed by atoms with Crippen molar-refractivity contribution in [2.24, 2.45) is 0 Å². The predicted molar refractivity (Wildman–Crippen MR) is 71.7 cm³/mol. The van der Waals surface area contributed by atoms with Crippen LogP contribution in [0.3, 0.4) is 0 Å². The third-order valence-corrected chi connectivity index (χ3v) is 4.51. The van der Waals surface area contributed by atoms with Gasteiger partial charge in [0.2, 0.25) is 9.84 Å². The molecule has 0 heterocycles. The van der Waals surface area contributed by atoms with Crippen molar-refractivity contribution in [3.8, 4) is 5.75 Å². The standard InChI is InChI=1S/C13H8F3NO5S/c14-13(15,16)22-10-3-7-12(8-4-10)23(20,21)11-5-1-9(2-6-11)17(18)19/h1-8H. The lowest BCUT2D eigenvalue weighted by atomic mass is 10.3. The fourth-order valence-electron chi connectivity index (χ4n) is 1.70. The fraction of sp³-hybridized carbons (Fsp3) is 0.0769. The monoisotopic (exact) mass is 347 g/mol. The Morgan fingerprint density at radius 3 is 1.74 bits per heavy atom. The molecule has 0 fully saturated rings. The second-order valence-electron chi connectivity index (χ2n) is 4.27. The summed E-state index contributed by atoms with van der Waals surface area (Å²) in [4.78, 5) is 9.37. The lowest BCUT2D eigenvalue weighted by Crippen LogP contribution is -2.17. The molecular weight excluding hydrogens is 339 g/mol. The van der Waals surface area contributed by atoms with Gasteiger partial charge in [-0.05, 0) is 36.4 Å². The molecule has 122 valence electrons. The highest BCUT2D eigenvalue weighted by Gasteiger charge is 2.31. The van der Waals surface area contributed by atoms with Gasteiger partial charge < -0.3 is 4.74 Å². The van der Waals surface area contributed by atoms with Crippen molar-refractivity contribution < 1.29 is 31.2 Å². The highest BCUT2D eigenvalue weighted by Crippen LogP contribution is 2.27. The Hall–Kier alpha value is -2.62. The number of hydrogen-bond acceptors (Lipinski definition) is 5. The molecule has 0 N–H and O–H groups in total. The topological polar surface area (TPSA) is 86.5 Å². The molecule has 10 heteroatoms. The van der Waals surface area contributed by atoms with Gasteiger partial charge in [-0.2, -0.15) is 0 Å². The van der Waals surface area contributed by atoms with Gasteiger partial charge in [0, 0.05) is 12.1 Å². The molecule has 0 radical (unpaired) electrons. The number of ether oxygens (including phenoxy) is 1. The first kappa shape index (κ1) is 16.7. The third kappa shape index (κ3) is 3.97. The summed E-state index contributed by atoms with van der Waals surface area (Å²) >= 11 is 0. The molecule has 0 saturated heterocycles. The summed E-state index contributed by atoms with van der Waals surface area (Å²) in [6.07, 6.45) is -4.88. The summed E-state index contributed by atoms with van der Waals surface area (Å²) in [7, 11) is -4.00. The summed E-state index contributed by atoms with van der Waals surface area (Å²) in [5, 5.41) is 10.5. The van der Waals surface area contributed by atoms with E-state index < -0.39 is 26.9 Å². The zero-order valence-corrected chi connectivity index (χ0v) is 12.0. The lowest BCUT2D eigenvalue weighted by molar-refractivity contribution is -0.384. The first-order chi connectivity index (χ1) is 10.6. The largest absolute Gasteiger partial charge is 0.573 e. The number of alkyl halides is 3. The number of halogens is 3. The van der Waals surface area contributed by atoms with E-state index in [2.05, 4.69) is 4.74 Å².